The first-order valence-corrected chi connectivity index (χ1v) is 10.7. The van der Waals surface area contributed by atoms with Crippen molar-refractivity contribution in [2.75, 3.05) is 26.1 Å². The predicted octanol–water partition coefficient (Wildman–Crippen LogP) is 5.82. The number of hydrogen-bond acceptors (Lipinski definition) is 6. The van der Waals surface area contributed by atoms with Gasteiger partial charge in [-0.05, 0) is 43.7 Å². The van der Waals surface area contributed by atoms with Gasteiger partial charge >= 0.3 is 5.97 Å². The van der Waals surface area contributed by atoms with Crippen molar-refractivity contribution < 1.29 is 23.8 Å². The SMILES string of the molecule is CCOC(=O)c1c(NC(=O)c2c(OC)cccc2OC)sc(C)c1-c1ccc(Cl)cc1. The minimum atomic E-state index is -0.515. The van der Waals surface area contributed by atoms with Crippen LogP contribution in [0, 0.1) is 6.92 Å². The molecule has 1 aromatic heterocycles. The molecule has 0 atom stereocenters. The van der Waals surface area contributed by atoms with Crippen LogP contribution in [0.3, 0.4) is 0 Å². The predicted molar refractivity (Wildman–Crippen MR) is 123 cm³/mol. The fraction of sp³-hybridized carbons (Fsp3) is 0.217. The molecule has 8 heteroatoms. The summed E-state index contributed by atoms with van der Waals surface area (Å²) in [6.45, 7) is 3.83. The highest BCUT2D eigenvalue weighted by Crippen LogP contribution is 2.41. The van der Waals surface area contributed by atoms with Gasteiger partial charge in [-0.15, -0.1) is 11.3 Å². The number of nitrogens with one attached hydrogen (secondary N) is 1. The molecule has 162 valence electrons. The van der Waals surface area contributed by atoms with Crippen LogP contribution in [0.4, 0.5) is 5.00 Å². The second-order valence-corrected chi connectivity index (χ2v) is 8.12. The van der Waals surface area contributed by atoms with Crippen molar-refractivity contribution in [2.45, 2.75) is 13.8 Å². The summed E-state index contributed by atoms with van der Waals surface area (Å²) in [6.07, 6.45) is 0. The number of amides is 1. The summed E-state index contributed by atoms with van der Waals surface area (Å²) in [7, 11) is 2.95. The number of benzene rings is 2. The van der Waals surface area contributed by atoms with E-state index in [0.717, 1.165) is 10.4 Å². The average molecular weight is 460 g/mol. The standard InChI is InChI=1S/C23H22ClNO5S/c1-5-30-23(27)20-18(14-9-11-15(24)12-10-14)13(2)31-22(20)25-21(26)19-16(28-3)7-6-8-17(19)29-4/h6-12H,5H2,1-4H3,(H,25,26). The van der Waals surface area contributed by atoms with Crippen LogP contribution in [0.1, 0.15) is 32.5 Å². The van der Waals surface area contributed by atoms with E-state index in [1.165, 1.54) is 25.6 Å². The number of methoxy groups -OCH3 is 2. The van der Waals surface area contributed by atoms with Crippen LogP contribution in [-0.2, 0) is 4.74 Å². The second kappa shape index (κ2) is 9.85. The molecule has 0 radical (unpaired) electrons. The summed E-state index contributed by atoms with van der Waals surface area (Å²) in [5.41, 5.74) is 2.04. The average Bonchev–Trinajstić information content (AvgIpc) is 3.09. The molecular formula is C23H22ClNO5S. The number of hydrogen-bond donors (Lipinski definition) is 1. The number of carbonyl (C=O) groups excluding carboxylic acids is 2. The number of thiophene rings is 1. The molecule has 0 saturated heterocycles. The Kier molecular flexibility index (Phi) is 7.20. The summed E-state index contributed by atoms with van der Waals surface area (Å²) in [4.78, 5) is 26.9. The van der Waals surface area contributed by atoms with E-state index in [-0.39, 0.29) is 12.2 Å². The monoisotopic (exact) mass is 459 g/mol. The van der Waals surface area contributed by atoms with Gasteiger partial charge in [0.15, 0.2) is 0 Å². The van der Waals surface area contributed by atoms with E-state index in [4.69, 9.17) is 25.8 Å². The zero-order chi connectivity index (χ0) is 22.5. The Balaban J connectivity index is 2.10. The summed E-state index contributed by atoms with van der Waals surface area (Å²) in [5, 5.41) is 3.83. The normalized spacial score (nSPS) is 10.5. The maximum Gasteiger partial charge on any atom is 0.341 e. The van der Waals surface area contributed by atoms with Crippen molar-refractivity contribution in [2.24, 2.45) is 0 Å². The third-order valence-corrected chi connectivity index (χ3v) is 5.85. The van der Waals surface area contributed by atoms with Crippen molar-refractivity contribution in [3.8, 4) is 22.6 Å². The summed E-state index contributed by atoms with van der Waals surface area (Å²) >= 11 is 7.32. The highest BCUT2D eigenvalue weighted by Gasteiger charge is 2.27. The molecule has 3 rings (SSSR count). The maximum atomic E-state index is 13.2. The first-order chi connectivity index (χ1) is 14.9. The first-order valence-electron chi connectivity index (χ1n) is 9.50. The second-order valence-electron chi connectivity index (χ2n) is 6.46. The van der Waals surface area contributed by atoms with Gasteiger partial charge in [0, 0.05) is 15.5 Å². The molecule has 0 spiro atoms. The van der Waals surface area contributed by atoms with Crippen LogP contribution in [0.15, 0.2) is 42.5 Å². The zero-order valence-corrected chi connectivity index (χ0v) is 19.1. The van der Waals surface area contributed by atoms with E-state index in [1.54, 1.807) is 37.3 Å². The summed E-state index contributed by atoms with van der Waals surface area (Å²) in [6, 6.07) is 12.2. The fourth-order valence-electron chi connectivity index (χ4n) is 3.24. The van der Waals surface area contributed by atoms with Gasteiger partial charge in [0.2, 0.25) is 0 Å². The molecule has 0 saturated carbocycles. The van der Waals surface area contributed by atoms with Crippen molar-refractivity contribution >= 4 is 39.8 Å². The molecule has 6 nitrogen and oxygen atoms in total. The molecule has 31 heavy (non-hydrogen) atoms. The largest absolute Gasteiger partial charge is 0.496 e. The minimum absolute atomic E-state index is 0.210. The molecule has 0 bridgehead atoms. The molecule has 0 aliphatic rings. The topological polar surface area (TPSA) is 73.9 Å². The van der Waals surface area contributed by atoms with Crippen LogP contribution in [-0.4, -0.2) is 32.7 Å². The van der Waals surface area contributed by atoms with Crippen LogP contribution in [0.5, 0.6) is 11.5 Å². The van der Waals surface area contributed by atoms with Gasteiger partial charge in [-0.1, -0.05) is 29.8 Å². The third-order valence-electron chi connectivity index (χ3n) is 4.58. The maximum absolute atomic E-state index is 13.2. The van der Waals surface area contributed by atoms with E-state index in [0.29, 0.717) is 32.6 Å². The molecule has 2 aromatic carbocycles. The molecule has 1 heterocycles. The fourth-order valence-corrected chi connectivity index (χ4v) is 4.42. The van der Waals surface area contributed by atoms with E-state index < -0.39 is 11.9 Å². The Labute approximate surface area is 189 Å². The molecule has 1 amide bonds. The zero-order valence-electron chi connectivity index (χ0n) is 17.6. The molecule has 3 aromatic rings. The number of esters is 1. The Morgan fingerprint density at radius 2 is 1.61 bits per heavy atom. The number of carbonyl (C=O) groups is 2. The van der Waals surface area contributed by atoms with Crippen molar-refractivity contribution in [1.29, 1.82) is 0 Å². The smallest absolute Gasteiger partial charge is 0.341 e. The van der Waals surface area contributed by atoms with E-state index in [2.05, 4.69) is 5.32 Å². The molecule has 0 aliphatic heterocycles. The van der Waals surface area contributed by atoms with Gasteiger partial charge in [0.25, 0.3) is 5.91 Å². The number of anilines is 1. The Hall–Kier alpha value is -3.03. The van der Waals surface area contributed by atoms with E-state index in [1.807, 2.05) is 19.1 Å². The van der Waals surface area contributed by atoms with Gasteiger partial charge in [-0.2, -0.15) is 0 Å². The molecule has 0 unspecified atom stereocenters. The van der Waals surface area contributed by atoms with Crippen molar-refractivity contribution in [3.63, 3.8) is 0 Å². The van der Waals surface area contributed by atoms with Gasteiger partial charge in [-0.25, -0.2) is 4.79 Å². The van der Waals surface area contributed by atoms with Gasteiger partial charge in [0.05, 0.1) is 20.8 Å². The third kappa shape index (κ3) is 4.68. The number of rotatable bonds is 7. The lowest BCUT2D eigenvalue weighted by Gasteiger charge is -2.13. The van der Waals surface area contributed by atoms with Gasteiger partial charge in [-0.3, -0.25) is 4.79 Å². The Morgan fingerprint density at radius 3 is 2.16 bits per heavy atom. The molecular weight excluding hydrogens is 438 g/mol. The molecule has 1 N–H and O–H groups in total. The molecule has 0 aliphatic carbocycles. The molecule has 0 fully saturated rings. The highest BCUT2D eigenvalue weighted by atomic mass is 35.5. The number of halogens is 1. The van der Waals surface area contributed by atoms with Crippen molar-refractivity contribution in [1.82, 2.24) is 0 Å². The summed E-state index contributed by atoms with van der Waals surface area (Å²) in [5.74, 6) is -0.246. The summed E-state index contributed by atoms with van der Waals surface area (Å²) < 4.78 is 15.9. The first kappa shape index (κ1) is 22.7. The minimum Gasteiger partial charge on any atom is -0.496 e. The number of ether oxygens (including phenoxy) is 3. The quantitative estimate of drug-likeness (QED) is 0.450. The Bertz CT molecular complexity index is 1090. The van der Waals surface area contributed by atoms with Crippen LogP contribution in [0.25, 0.3) is 11.1 Å². The van der Waals surface area contributed by atoms with Gasteiger partial charge in [0.1, 0.15) is 27.6 Å². The van der Waals surface area contributed by atoms with Crippen molar-refractivity contribution in [3.05, 3.63) is 63.5 Å². The number of aryl methyl sites for hydroxylation is 1. The highest BCUT2D eigenvalue weighted by molar-refractivity contribution is 7.17. The van der Waals surface area contributed by atoms with E-state index in [9.17, 15) is 9.59 Å². The van der Waals surface area contributed by atoms with Crippen LogP contribution in [0.2, 0.25) is 5.02 Å². The Morgan fingerprint density at radius 1 is 1.00 bits per heavy atom. The van der Waals surface area contributed by atoms with E-state index >= 15 is 0 Å². The lowest BCUT2D eigenvalue weighted by atomic mass is 10.0. The lowest BCUT2D eigenvalue weighted by Crippen LogP contribution is -2.16. The lowest BCUT2D eigenvalue weighted by molar-refractivity contribution is 0.0529. The van der Waals surface area contributed by atoms with Crippen LogP contribution < -0.4 is 14.8 Å². The van der Waals surface area contributed by atoms with Crippen LogP contribution >= 0.6 is 22.9 Å². The van der Waals surface area contributed by atoms with Gasteiger partial charge < -0.3 is 19.5 Å².